The summed E-state index contributed by atoms with van der Waals surface area (Å²) in [5.41, 5.74) is 1.94. The molecule has 0 fully saturated rings. The number of rotatable bonds is 4. The minimum Gasteiger partial charge on any atom is -0.481 e. The summed E-state index contributed by atoms with van der Waals surface area (Å²) in [4.78, 5) is 14.9. The van der Waals surface area contributed by atoms with E-state index in [9.17, 15) is 4.79 Å². The van der Waals surface area contributed by atoms with Gasteiger partial charge in [-0.25, -0.2) is 4.98 Å². The third-order valence-electron chi connectivity index (χ3n) is 2.22. The molecule has 2 aromatic rings. The standard InChI is InChI=1S/C12H10BrNO2S/c13-9-3-1-2-8(6-9)10-7-17-11(14-10)4-5-12(15)16/h1-3,6-7H,4-5H2,(H,15,16). The highest BCUT2D eigenvalue weighted by molar-refractivity contribution is 9.10. The van der Waals surface area contributed by atoms with Crippen LogP contribution in [0, 0.1) is 0 Å². The minimum absolute atomic E-state index is 0.130. The second kappa shape index (κ2) is 5.42. The smallest absolute Gasteiger partial charge is 0.303 e. The zero-order chi connectivity index (χ0) is 12.3. The van der Waals surface area contributed by atoms with E-state index in [-0.39, 0.29) is 6.42 Å². The molecule has 0 aliphatic rings. The highest BCUT2D eigenvalue weighted by atomic mass is 79.9. The lowest BCUT2D eigenvalue weighted by Gasteiger charge is -1.96. The van der Waals surface area contributed by atoms with Crippen LogP contribution in [-0.2, 0) is 11.2 Å². The van der Waals surface area contributed by atoms with Gasteiger partial charge in [0.1, 0.15) is 0 Å². The molecule has 0 saturated heterocycles. The van der Waals surface area contributed by atoms with Crippen LogP contribution in [0.4, 0.5) is 0 Å². The van der Waals surface area contributed by atoms with Crippen molar-refractivity contribution in [3.8, 4) is 11.3 Å². The summed E-state index contributed by atoms with van der Waals surface area (Å²) in [6, 6.07) is 7.90. The van der Waals surface area contributed by atoms with E-state index >= 15 is 0 Å². The molecule has 2 rings (SSSR count). The number of nitrogens with zero attached hydrogens (tertiary/aromatic N) is 1. The van der Waals surface area contributed by atoms with Crippen molar-refractivity contribution in [2.45, 2.75) is 12.8 Å². The molecule has 0 amide bonds. The van der Waals surface area contributed by atoms with Gasteiger partial charge in [-0.2, -0.15) is 0 Å². The molecule has 0 unspecified atom stereocenters. The van der Waals surface area contributed by atoms with Crippen molar-refractivity contribution in [3.05, 3.63) is 39.1 Å². The number of thiazole rings is 1. The normalized spacial score (nSPS) is 10.4. The van der Waals surface area contributed by atoms with Crippen LogP contribution < -0.4 is 0 Å². The predicted octanol–water partition coefficient (Wildman–Crippen LogP) is 3.59. The number of aromatic nitrogens is 1. The van der Waals surface area contributed by atoms with Gasteiger partial charge in [-0.3, -0.25) is 4.79 Å². The summed E-state index contributed by atoms with van der Waals surface area (Å²) in [7, 11) is 0. The van der Waals surface area contributed by atoms with E-state index in [2.05, 4.69) is 20.9 Å². The number of hydrogen-bond acceptors (Lipinski definition) is 3. The van der Waals surface area contributed by atoms with E-state index < -0.39 is 5.97 Å². The molecular formula is C12H10BrNO2S. The summed E-state index contributed by atoms with van der Waals surface area (Å²) < 4.78 is 1.01. The highest BCUT2D eigenvalue weighted by Crippen LogP contribution is 2.25. The second-order valence-corrected chi connectivity index (χ2v) is 5.39. The van der Waals surface area contributed by atoms with Crippen LogP contribution in [0.25, 0.3) is 11.3 Å². The summed E-state index contributed by atoms with van der Waals surface area (Å²) in [6.45, 7) is 0. The first-order valence-corrected chi connectivity index (χ1v) is 6.74. The maximum Gasteiger partial charge on any atom is 0.303 e. The highest BCUT2D eigenvalue weighted by Gasteiger charge is 2.06. The van der Waals surface area contributed by atoms with Crippen LogP contribution in [0.3, 0.4) is 0 Å². The molecule has 17 heavy (non-hydrogen) atoms. The van der Waals surface area contributed by atoms with Crippen LogP contribution in [0.5, 0.6) is 0 Å². The zero-order valence-electron chi connectivity index (χ0n) is 8.89. The van der Waals surface area contributed by atoms with Crippen molar-refractivity contribution in [3.63, 3.8) is 0 Å². The Morgan fingerprint density at radius 1 is 1.47 bits per heavy atom. The largest absolute Gasteiger partial charge is 0.481 e. The maximum atomic E-state index is 10.5. The van der Waals surface area contributed by atoms with Gasteiger partial charge < -0.3 is 5.11 Å². The van der Waals surface area contributed by atoms with E-state index in [0.29, 0.717) is 6.42 Å². The average Bonchev–Trinajstić information content (AvgIpc) is 2.75. The molecule has 1 aromatic heterocycles. The van der Waals surface area contributed by atoms with Gasteiger partial charge in [0.15, 0.2) is 0 Å². The number of halogens is 1. The lowest BCUT2D eigenvalue weighted by molar-refractivity contribution is -0.136. The number of benzene rings is 1. The maximum absolute atomic E-state index is 10.5. The lowest BCUT2D eigenvalue weighted by atomic mass is 10.2. The van der Waals surface area contributed by atoms with Crippen LogP contribution in [0.2, 0.25) is 0 Å². The third-order valence-corrected chi connectivity index (χ3v) is 3.63. The number of aryl methyl sites for hydroxylation is 1. The van der Waals surface area contributed by atoms with Crippen LogP contribution in [-0.4, -0.2) is 16.1 Å². The molecular weight excluding hydrogens is 302 g/mol. The molecule has 0 saturated carbocycles. The third kappa shape index (κ3) is 3.38. The molecule has 1 aromatic carbocycles. The Hall–Kier alpha value is -1.20. The monoisotopic (exact) mass is 311 g/mol. The molecule has 3 nitrogen and oxygen atoms in total. The Kier molecular flexibility index (Phi) is 3.91. The Bertz CT molecular complexity index is 539. The zero-order valence-corrected chi connectivity index (χ0v) is 11.3. The molecule has 1 N–H and O–H groups in total. The van der Waals surface area contributed by atoms with E-state index in [1.807, 2.05) is 29.6 Å². The Balaban J connectivity index is 2.15. The number of carboxylic acid groups (broad SMARTS) is 1. The van der Waals surface area contributed by atoms with Crippen LogP contribution in [0.1, 0.15) is 11.4 Å². The Labute approximate surface area is 111 Å². The fourth-order valence-corrected chi connectivity index (χ4v) is 2.63. The molecule has 0 aliphatic carbocycles. The first kappa shape index (κ1) is 12.3. The van der Waals surface area contributed by atoms with Crippen molar-refractivity contribution >= 4 is 33.2 Å². The fourth-order valence-electron chi connectivity index (χ4n) is 1.42. The van der Waals surface area contributed by atoms with Gasteiger partial charge in [-0.15, -0.1) is 11.3 Å². The average molecular weight is 312 g/mol. The molecule has 0 aliphatic heterocycles. The summed E-state index contributed by atoms with van der Waals surface area (Å²) in [5, 5.41) is 11.4. The molecule has 5 heteroatoms. The minimum atomic E-state index is -0.788. The Morgan fingerprint density at radius 3 is 3.00 bits per heavy atom. The first-order valence-electron chi connectivity index (χ1n) is 5.07. The van der Waals surface area contributed by atoms with Crippen molar-refractivity contribution in [2.75, 3.05) is 0 Å². The summed E-state index contributed by atoms with van der Waals surface area (Å²) in [5.74, 6) is -0.788. The van der Waals surface area contributed by atoms with Gasteiger partial charge in [-0.1, -0.05) is 28.1 Å². The topological polar surface area (TPSA) is 50.2 Å². The predicted molar refractivity (Wildman–Crippen MR) is 71.2 cm³/mol. The van der Waals surface area contributed by atoms with Gasteiger partial charge in [-0.05, 0) is 12.1 Å². The second-order valence-electron chi connectivity index (χ2n) is 3.53. The Morgan fingerprint density at radius 2 is 2.29 bits per heavy atom. The molecule has 0 spiro atoms. The van der Waals surface area contributed by atoms with Gasteiger partial charge in [0, 0.05) is 21.8 Å². The van der Waals surface area contributed by atoms with Gasteiger partial charge in [0.25, 0.3) is 0 Å². The number of carboxylic acids is 1. The lowest BCUT2D eigenvalue weighted by Crippen LogP contribution is -1.96. The SMILES string of the molecule is O=C(O)CCc1nc(-c2cccc(Br)c2)cs1. The molecule has 0 bridgehead atoms. The number of aliphatic carboxylic acids is 1. The van der Waals surface area contributed by atoms with E-state index in [1.165, 1.54) is 11.3 Å². The van der Waals surface area contributed by atoms with Gasteiger partial charge >= 0.3 is 5.97 Å². The summed E-state index contributed by atoms with van der Waals surface area (Å²) >= 11 is 4.92. The van der Waals surface area contributed by atoms with E-state index in [1.54, 1.807) is 0 Å². The van der Waals surface area contributed by atoms with E-state index in [4.69, 9.17) is 5.11 Å². The van der Waals surface area contributed by atoms with Crippen molar-refractivity contribution in [1.29, 1.82) is 0 Å². The van der Waals surface area contributed by atoms with E-state index in [0.717, 1.165) is 20.7 Å². The molecule has 1 heterocycles. The molecule has 88 valence electrons. The molecule has 0 atom stereocenters. The quantitative estimate of drug-likeness (QED) is 0.938. The summed E-state index contributed by atoms with van der Waals surface area (Å²) in [6.07, 6.45) is 0.624. The fraction of sp³-hybridized carbons (Fsp3) is 0.167. The molecule has 0 radical (unpaired) electrons. The van der Waals surface area contributed by atoms with Crippen molar-refractivity contribution in [1.82, 2.24) is 4.98 Å². The van der Waals surface area contributed by atoms with Gasteiger partial charge in [0.05, 0.1) is 17.1 Å². The van der Waals surface area contributed by atoms with Crippen LogP contribution in [0.15, 0.2) is 34.1 Å². The van der Waals surface area contributed by atoms with Crippen LogP contribution >= 0.6 is 27.3 Å². The van der Waals surface area contributed by atoms with Crippen molar-refractivity contribution in [2.24, 2.45) is 0 Å². The number of carbonyl (C=O) groups is 1. The number of hydrogen-bond donors (Lipinski definition) is 1. The first-order chi connectivity index (χ1) is 8.15. The van der Waals surface area contributed by atoms with Gasteiger partial charge in [0.2, 0.25) is 0 Å². The van der Waals surface area contributed by atoms with Crippen molar-refractivity contribution < 1.29 is 9.90 Å².